The number of nitrogens with one attached hydrogen (secondary N) is 1. The van der Waals surface area contributed by atoms with Gasteiger partial charge in [0.05, 0.1) is 11.5 Å². The number of rotatable bonds is 7. The molecule has 2 aliphatic carbocycles. The summed E-state index contributed by atoms with van der Waals surface area (Å²) in [6.45, 7) is 5.33. The van der Waals surface area contributed by atoms with Crippen LogP contribution < -0.4 is 10.2 Å². The van der Waals surface area contributed by atoms with Gasteiger partial charge < -0.3 is 15.1 Å². The fourth-order valence-electron chi connectivity index (χ4n) is 5.31. The van der Waals surface area contributed by atoms with Crippen LogP contribution in [0.15, 0.2) is 24.5 Å². The normalized spacial score (nSPS) is 21.0. The summed E-state index contributed by atoms with van der Waals surface area (Å²) in [6, 6.07) is 2.84. The highest BCUT2D eigenvalue weighted by molar-refractivity contribution is 5.84. The zero-order valence-corrected chi connectivity index (χ0v) is 20.3. The van der Waals surface area contributed by atoms with Gasteiger partial charge in [0.2, 0.25) is 5.91 Å². The second-order valence-corrected chi connectivity index (χ2v) is 10.2. The van der Waals surface area contributed by atoms with Crippen molar-refractivity contribution < 1.29 is 22.4 Å². The highest BCUT2D eigenvalue weighted by atomic mass is 19.4. The van der Waals surface area contributed by atoms with Gasteiger partial charge in [-0.05, 0) is 61.8 Å². The van der Waals surface area contributed by atoms with Crippen LogP contribution in [0.1, 0.15) is 60.4 Å². The molecular weight excluding hydrogens is 474 g/mol. The minimum absolute atomic E-state index is 0.196. The average Bonchev–Trinajstić information content (AvgIpc) is 3.61. The second-order valence-electron chi connectivity index (χ2n) is 10.2. The molecule has 2 fully saturated rings. The molecule has 0 radical (unpaired) electrons. The highest BCUT2D eigenvalue weighted by Crippen LogP contribution is 2.37. The first-order valence-electron chi connectivity index (χ1n) is 12.7. The molecule has 1 aromatic heterocycles. The van der Waals surface area contributed by atoms with Crippen molar-refractivity contribution in [2.24, 2.45) is 5.92 Å². The number of anilines is 1. The number of benzene rings is 1. The number of carbonyl (C=O) groups is 1. The SMILES string of the molecule is CC1CCc2ncnc(N3CCN(C(=O)C(CNCC4CC4)c4ccc(C(F)(F)F)c(F)c4)CC3)c21. The molecule has 36 heavy (non-hydrogen) atoms. The Bertz CT molecular complexity index is 1110. The van der Waals surface area contributed by atoms with Crippen molar-refractivity contribution in [3.05, 3.63) is 52.7 Å². The third-order valence-corrected chi connectivity index (χ3v) is 7.62. The molecule has 3 aliphatic rings. The molecule has 1 saturated carbocycles. The van der Waals surface area contributed by atoms with Crippen LogP contribution in [0.5, 0.6) is 0 Å². The summed E-state index contributed by atoms with van der Waals surface area (Å²) in [7, 11) is 0. The summed E-state index contributed by atoms with van der Waals surface area (Å²) in [6.07, 6.45) is 1.09. The molecule has 194 valence electrons. The lowest BCUT2D eigenvalue weighted by molar-refractivity contribution is -0.140. The monoisotopic (exact) mass is 505 g/mol. The topological polar surface area (TPSA) is 61.4 Å². The summed E-state index contributed by atoms with van der Waals surface area (Å²) in [5, 5.41) is 3.28. The van der Waals surface area contributed by atoms with Crippen molar-refractivity contribution >= 4 is 11.7 Å². The van der Waals surface area contributed by atoms with E-state index in [1.165, 1.54) is 11.6 Å². The van der Waals surface area contributed by atoms with Gasteiger partial charge >= 0.3 is 6.18 Å². The molecule has 1 amide bonds. The van der Waals surface area contributed by atoms with Crippen molar-refractivity contribution in [1.82, 2.24) is 20.2 Å². The molecule has 1 saturated heterocycles. The number of piperazine rings is 1. The van der Waals surface area contributed by atoms with Crippen LogP contribution in [0.25, 0.3) is 0 Å². The second kappa shape index (κ2) is 9.95. The highest BCUT2D eigenvalue weighted by Gasteiger charge is 2.36. The van der Waals surface area contributed by atoms with Gasteiger partial charge in [-0.15, -0.1) is 0 Å². The number of fused-ring (bicyclic) bond motifs is 1. The molecule has 2 heterocycles. The first kappa shape index (κ1) is 24.9. The number of hydrogen-bond donors (Lipinski definition) is 1. The third kappa shape index (κ3) is 5.19. The Morgan fingerprint density at radius 3 is 2.56 bits per heavy atom. The Morgan fingerprint density at radius 2 is 1.89 bits per heavy atom. The molecule has 1 aliphatic heterocycles. The van der Waals surface area contributed by atoms with Crippen molar-refractivity contribution in [2.45, 2.75) is 50.6 Å². The number of hydrogen-bond acceptors (Lipinski definition) is 5. The fraction of sp³-hybridized carbons (Fsp3) is 0.577. The van der Waals surface area contributed by atoms with Gasteiger partial charge in [0, 0.05) is 44.0 Å². The van der Waals surface area contributed by atoms with Gasteiger partial charge in [0.25, 0.3) is 0 Å². The molecule has 2 aromatic rings. The molecule has 5 rings (SSSR count). The van der Waals surface area contributed by atoms with Crippen molar-refractivity contribution in [3.63, 3.8) is 0 Å². The summed E-state index contributed by atoms with van der Waals surface area (Å²) in [5.41, 5.74) is 1.24. The lowest BCUT2D eigenvalue weighted by atomic mass is 9.95. The van der Waals surface area contributed by atoms with E-state index < -0.39 is 23.5 Å². The third-order valence-electron chi connectivity index (χ3n) is 7.62. The first-order valence-corrected chi connectivity index (χ1v) is 12.7. The molecule has 0 spiro atoms. The van der Waals surface area contributed by atoms with Crippen molar-refractivity contribution in [3.8, 4) is 0 Å². The summed E-state index contributed by atoms with van der Waals surface area (Å²) >= 11 is 0. The summed E-state index contributed by atoms with van der Waals surface area (Å²) in [4.78, 5) is 26.5. The van der Waals surface area contributed by atoms with Crippen molar-refractivity contribution in [2.75, 3.05) is 44.2 Å². The van der Waals surface area contributed by atoms with E-state index in [2.05, 4.69) is 27.1 Å². The smallest absolute Gasteiger partial charge is 0.353 e. The minimum Gasteiger partial charge on any atom is -0.353 e. The molecule has 10 heteroatoms. The van der Waals surface area contributed by atoms with E-state index in [4.69, 9.17) is 0 Å². The number of aryl methyl sites for hydroxylation is 1. The number of aromatic nitrogens is 2. The summed E-state index contributed by atoms with van der Waals surface area (Å²) < 4.78 is 53.6. The van der Waals surface area contributed by atoms with Gasteiger partial charge in [-0.1, -0.05) is 13.0 Å². The molecule has 1 N–H and O–H groups in total. The van der Waals surface area contributed by atoms with Gasteiger partial charge in [-0.2, -0.15) is 13.2 Å². The van der Waals surface area contributed by atoms with Crippen LogP contribution in [-0.4, -0.2) is 60.0 Å². The number of halogens is 4. The van der Waals surface area contributed by atoms with Crippen LogP contribution in [0.2, 0.25) is 0 Å². The largest absolute Gasteiger partial charge is 0.419 e. The van der Waals surface area contributed by atoms with Gasteiger partial charge in [0.15, 0.2) is 0 Å². The van der Waals surface area contributed by atoms with Crippen LogP contribution in [0.4, 0.5) is 23.4 Å². The van der Waals surface area contributed by atoms with E-state index >= 15 is 0 Å². The molecule has 2 atom stereocenters. The average molecular weight is 506 g/mol. The minimum atomic E-state index is -4.78. The maximum absolute atomic E-state index is 14.4. The van der Waals surface area contributed by atoms with Crippen LogP contribution in [0, 0.1) is 11.7 Å². The number of nitrogens with zero attached hydrogens (tertiary/aromatic N) is 4. The zero-order chi connectivity index (χ0) is 25.4. The molecule has 0 bridgehead atoms. The standard InChI is InChI=1S/C26H31F4N5O/c1-16-2-7-22-23(16)24(33-15-32-22)34-8-10-35(11-9-34)25(36)19(14-31-13-17-3-4-17)18-5-6-20(21(27)12-18)26(28,29)30/h5-6,12,15-17,19,31H,2-4,7-11,13-14H2,1H3. The Labute approximate surface area is 208 Å². The Morgan fingerprint density at radius 1 is 1.14 bits per heavy atom. The predicted octanol–water partition coefficient (Wildman–Crippen LogP) is 4.12. The van der Waals surface area contributed by atoms with Crippen LogP contribution in [-0.2, 0) is 17.4 Å². The molecule has 1 aromatic carbocycles. The van der Waals surface area contributed by atoms with Gasteiger partial charge in [-0.3, -0.25) is 4.79 Å². The van der Waals surface area contributed by atoms with E-state index in [1.807, 2.05) is 0 Å². The van der Waals surface area contributed by atoms with E-state index in [0.29, 0.717) is 38.0 Å². The van der Waals surface area contributed by atoms with Crippen LogP contribution in [0.3, 0.4) is 0 Å². The number of alkyl halides is 3. The number of carbonyl (C=O) groups excluding carboxylic acids is 1. The molecule has 2 unspecified atom stereocenters. The van der Waals surface area contributed by atoms with Crippen molar-refractivity contribution in [1.29, 1.82) is 0 Å². The van der Waals surface area contributed by atoms with E-state index in [9.17, 15) is 22.4 Å². The summed E-state index contributed by atoms with van der Waals surface area (Å²) in [5.74, 6) is -0.395. The maximum Gasteiger partial charge on any atom is 0.419 e. The predicted molar refractivity (Wildman–Crippen MR) is 127 cm³/mol. The Hall–Kier alpha value is -2.75. The van der Waals surface area contributed by atoms with E-state index in [0.717, 1.165) is 55.9 Å². The Balaban J connectivity index is 1.30. The van der Waals surface area contributed by atoms with Gasteiger partial charge in [0.1, 0.15) is 18.0 Å². The van der Waals surface area contributed by atoms with Crippen LogP contribution >= 0.6 is 0 Å². The fourth-order valence-corrected chi connectivity index (χ4v) is 5.31. The Kier molecular flexibility index (Phi) is 6.89. The van der Waals surface area contributed by atoms with E-state index in [1.54, 1.807) is 11.2 Å². The molecular formula is C26H31F4N5O. The quantitative estimate of drug-likeness (QED) is 0.574. The molecule has 6 nitrogen and oxygen atoms in total. The zero-order valence-electron chi connectivity index (χ0n) is 20.3. The lowest BCUT2D eigenvalue weighted by Crippen LogP contribution is -2.51. The number of amides is 1. The lowest BCUT2D eigenvalue weighted by Gasteiger charge is -2.38. The maximum atomic E-state index is 14.4. The first-order chi connectivity index (χ1) is 17.2. The van der Waals surface area contributed by atoms with E-state index in [-0.39, 0.29) is 18.0 Å². The van der Waals surface area contributed by atoms with Gasteiger partial charge in [-0.25, -0.2) is 14.4 Å².